The minimum atomic E-state index is -0.180. The number of para-hydroxylation sites is 1. The van der Waals surface area contributed by atoms with Crippen LogP contribution < -0.4 is 5.32 Å². The fraction of sp³-hybridized carbons (Fsp3) is 0.211. The molecule has 3 nitrogen and oxygen atoms in total. The van der Waals surface area contributed by atoms with E-state index in [0.29, 0.717) is 0 Å². The van der Waals surface area contributed by atoms with Crippen molar-refractivity contribution in [1.29, 1.82) is 0 Å². The SMILES string of the molecule is C[C@H]([NH2+][C@H](C)C(=O)c1c[nH]c2ccccc12)c1ccccc1Cl. The summed E-state index contributed by atoms with van der Waals surface area (Å²) in [5.41, 5.74) is 2.78. The van der Waals surface area contributed by atoms with Crippen molar-refractivity contribution in [3.05, 3.63) is 70.9 Å². The van der Waals surface area contributed by atoms with Gasteiger partial charge in [0.15, 0.2) is 0 Å². The van der Waals surface area contributed by atoms with E-state index in [2.05, 4.69) is 17.2 Å². The predicted molar refractivity (Wildman–Crippen MR) is 93.9 cm³/mol. The molecular weight excluding hydrogens is 308 g/mol. The maximum absolute atomic E-state index is 12.8. The molecule has 118 valence electrons. The first-order chi connectivity index (χ1) is 11.1. The van der Waals surface area contributed by atoms with E-state index in [0.717, 1.165) is 27.1 Å². The van der Waals surface area contributed by atoms with E-state index in [4.69, 9.17) is 11.6 Å². The summed E-state index contributed by atoms with van der Waals surface area (Å²) >= 11 is 6.25. The zero-order valence-corrected chi connectivity index (χ0v) is 14.0. The molecule has 0 amide bonds. The van der Waals surface area contributed by atoms with Gasteiger partial charge in [0.2, 0.25) is 5.78 Å². The number of benzene rings is 2. The van der Waals surface area contributed by atoms with Crippen molar-refractivity contribution in [2.24, 2.45) is 0 Å². The molecule has 3 aromatic rings. The molecular formula is C19H20ClN2O+. The van der Waals surface area contributed by atoms with Crippen LogP contribution in [-0.4, -0.2) is 16.8 Å². The number of aromatic amines is 1. The van der Waals surface area contributed by atoms with Crippen LogP contribution in [0.15, 0.2) is 54.7 Å². The topological polar surface area (TPSA) is 49.5 Å². The van der Waals surface area contributed by atoms with Crippen molar-refractivity contribution in [2.45, 2.75) is 25.9 Å². The average Bonchev–Trinajstić information content (AvgIpc) is 2.98. The van der Waals surface area contributed by atoms with Gasteiger partial charge in [0, 0.05) is 33.2 Å². The van der Waals surface area contributed by atoms with Gasteiger partial charge in [-0.15, -0.1) is 0 Å². The average molecular weight is 328 g/mol. The van der Waals surface area contributed by atoms with Gasteiger partial charge in [-0.3, -0.25) is 4.79 Å². The highest BCUT2D eigenvalue weighted by molar-refractivity contribution is 6.31. The molecule has 0 radical (unpaired) electrons. The van der Waals surface area contributed by atoms with E-state index in [1.165, 1.54) is 0 Å². The molecule has 0 saturated carbocycles. The Labute approximate surface area is 140 Å². The lowest BCUT2D eigenvalue weighted by molar-refractivity contribution is -0.709. The van der Waals surface area contributed by atoms with Gasteiger partial charge in [0.1, 0.15) is 12.1 Å². The minimum absolute atomic E-state index is 0.118. The van der Waals surface area contributed by atoms with Crippen LogP contribution in [0, 0.1) is 0 Å². The van der Waals surface area contributed by atoms with E-state index in [9.17, 15) is 4.79 Å². The van der Waals surface area contributed by atoms with Crippen LogP contribution in [-0.2, 0) is 0 Å². The number of quaternary nitrogens is 1. The maximum Gasteiger partial charge on any atom is 0.221 e. The number of nitrogens with two attached hydrogens (primary N) is 1. The number of H-pyrrole nitrogens is 1. The normalized spacial score (nSPS) is 13.9. The van der Waals surface area contributed by atoms with E-state index in [-0.39, 0.29) is 17.9 Å². The summed E-state index contributed by atoms with van der Waals surface area (Å²) < 4.78 is 0. The number of hydrogen-bond donors (Lipinski definition) is 2. The minimum Gasteiger partial charge on any atom is -0.360 e. The lowest BCUT2D eigenvalue weighted by Crippen LogP contribution is -2.91. The molecule has 3 N–H and O–H groups in total. The van der Waals surface area contributed by atoms with Crippen LogP contribution in [0.25, 0.3) is 10.9 Å². The number of halogens is 1. The van der Waals surface area contributed by atoms with Gasteiger partial charge in [-0.25, -0.2) is 0 Å². The highest BCUT2D eigenvalue weighted by Gasteiger charge is 2.24. The molecule has 1 aromatic heterocycles. The Morgan fingerprint density at radius 1 is 1.09 bits per heavy atom. The zero-order valence-electron chi connectivity index (χ0n) is 13.2. The third-order valence-electron chi connectivity index (χ3n) is 4.24. The number of hydrogen-bond acceptors (Lipinski definition) is 1. The second kappa shape index (κ2) is 6.57. The highest BCUT2D eigenvalue weighted by Crippen LogP contribution is 2.21. The second-order valence-electron chi connectivity index (χ2n) is 5.90. The standard InChI is InChI=1S/C19H19ClN2O/c1-12(14-7-3-5-9-17(14)20)22-13(2)19(23)16-11-21-18-10-6-4-8-15(16)18/h3-13,21-22H,1-2H3/p+1/t12-,13+/m0/s1. The van der Waals surface area contributed by atoms with Crippen LogP contribution in [0.2, 0.25) is 5.02 Å². The predicted octanol–water partition coefficient (Wildman–Crippen LogP) is 3.72. The molecule has 0 unspecified atom stereocenters. The Morgan fingerprint density at radius 2 is 1.78 bits per heavy atom. The third kappa shape index (κ3) is 3.16. The number of nitrogens with one attached hydrogen (secondary N) is 1. The number of fused-ring (bicyclic) bond motifs is 1. The van der Waals surface area contributed by atoms with E-state index in [1.54, 1.807) is 6.20 Å². The fourth-order valence-corrected chi connectivity index (χ4v) is 3.30. The van der Waals surface area contributed by atoms with Gasteiger partial charge >= 0.3 is 0 Å². The maximum atomic E-state index is 12.8. The van der Waals surface area contributed by atoms with E-state index >= 15 is 0 Å². The van der Waals surface area contributed by atoms with Crippen LogP contribution in [0.1, 0.15) is 35.8 Å². The number of Topliss-reactive ketones (excluding diaryl/α,β-unsaturated/α-hetero) is 1. The van der Waals surface area contributed by atoms with Crippen LogP contribution in [0.3, 0.4) is 0 Å². The van der Waals surface area contributed by atoms with Crippen molar-refractivity contribution >= 4 is 28.3 Å². The Morgan fingerprint density at radius 3 is 2.57 bits per heavy atom. The summed E-state index contributed by atoms with van der Waals surface area (Å²) in [6.45, 7) is 4.01. The molecule has 1 heterocycles. The van der Waals surface area contributed by atoms with Crippen molar-refractivity contribution in [3.63, 3.8) is 0 Å². The zero-order chi connectivity index (χ0) is 16.4. The molecule has 0 bridgehead atoms. The van der Waals surface area contributed by atoms with Gasteiger partial charge < -0.3 is 10.3 Å². The smallest absolute Gasteiger partial charge is 0.221 e. The number of ketones is 1. The van der Waals surface area contributed by atoms with Crippen LogP contribution in [0.5, 0.6) is 0 Å². The molecule has 0 fully saturated rings. The summed E-state index contributed by atoms with van der Waals surface area (Å²) in [6, 6.07) is 15.6. The molecule has 23 heavy (non-hydrogen) atoms. The van der Waals surface area contributed by atoms with Gasteiger partial charge in [-0.2, -0.15) is 0 Å². The van der Waals surface area contributed by atoms with Gasteiger partial charge in [-0.05, 0) is 26.0 Å². The molecule has 4 heteroatoms. The Bertz CT molecular complexity index is 840. The highest BCUT2D eigenvalue weighted by atomic mass is 35.5. The monoisotopic (exact) mass is 327 g/mol. The lowest BCUT2D eigenvalue weighted by Gasteiger charge is -2.17. The van der Waals surface area contributed by atoms with Crippen molar-refractivity contribution < 1.29 is 10.1 Å². The molecule has 2 atom stereocenters. The van der Waals surface area contributed by atoms with Crippen molar-refractivity contribution in [1.82, 2.24) is 4.98 Å². The second-order valence-corrected chi connectivity index (χ2v) is 6.31. The first kappa shape index (κ1) is 15.8. The number of carbonyl (C=O) groups is 1. The largest absolute Gasteiger partial charge is 0.360 e. The molecule has 2 aromatic carbocycles. The number of rotatable bonds is 5. The summed E-state index contributed by atoms with van der Waals surface area (Å²) in [4.78, 5) is 15.9. The Balaban J connectivity index is 1.79. The molecule has 0 saturated heterocycles. The first-order valence-corrected chi connectivity index (χ1v) is 8.15. The third-order valence-corrected chi connectivity index (χ3v) is 4.59. The molecule has 0 aliphatic heterocycles. The summed E-state index contributed by atoms with van der Waals surface area (Å²) in [7, 11) is 0. The number of aromatic nitrogens is 1. The Kier molecular flexibility index (Phi) is 4.51. The van der Waals surface area contributed by atoms with Gasteiger partial charge in [0.05, 0.1) is 0 Å². The number of carbonyl (C=O) groups excluding carboxylic acids is 1. The molecule has 3 rings (SSSR count). The van der Waals surface area contributed by atoms with Gasteiger partial charge in [-0.1, -0.05) is 48.0 Å². The molecule has 0 aliphatic carbocycles. The molecule has 0 spiro atoms. The van der Waals surface area contributed by atoms with Crippen LogP contribution in [0.4, 0.5) is 0 Å². The fourth-order valence-electron chi connectivity index (χ4n) is 2.99. The quantitative estimate of drug-likeness (QED) is 0.689. The van der Waals surface area contributed by atoms with Crippen LogP contribution >= 0.6 is 11.6 Å². The Hall–Kier alpha value is -2.10. The van der Waals surface area contributed by atoms with Crippen molar-refractivity contribution in [3.8, 4) is 0 Å². The van der Waals surface area contributed by atoms with E-state index in [1.807, 2.05) is 55.5 Å². The lowest BCUT2D eigenvalue weighted by atomic mass is 10.0. The summed E-state index contributed by atoms with van der Waals surface area (Å²) in [5, 5.41) is 3.77. The van der Waals surface area contributed by atoms with Crippen molar-refractivity contribution in [2.75, 3.05) is 0 Å². The van der Waals surface area contributed by atoms with E-state index < -0.39 is 0 Å². The van der Waals surface area contributed by atoms with Gasteiger partial charge in [0.25, 0.3) is 0 Å². The molecule has 0 aliphatic rings. The first-order valence-electron chi connectivity index (χ1n) is 7.77. The summed E-state index contributed by atoms with van der Waals surface area (Å²) in [6.07, 6.45) is 1.80. The summed E-state index contributed by atoms with van der Waals surface area (Å²) in [5.74, 6) is 0.126.